The third-order valence-electron chi connectivity index (χ3n) is 30.1. The number of hydrogen-bond donors (Lipinski definition) is 4. The molecule has 4 saturated carbocycles. The monoisotopic (exact) mass is 1650 g/mol. The van der Waals surface area contributed by atoms with Gasteiger partial charge in [-0.3, -0.25) is 4.79 Å². The molecule has 0 bridgehead atoms. The first-order valence-electron chi connectivity index (χ1n) is 45.1. The molecule has 1 unspecified atom stereocenters. The molecule has 2 saturated heterocycles. The van der Waals surface area contributed by atoms with E-state index in [2.05, 4.69) is 183 Å². The van der Waals surface area contributed by atoms with Crippen LogP contribution in [0.5, 0.6) is 23.0 Å². The number of benzene rings is 6. The molecule has 4 N–H and O–H groups in total. The van der Waals surface area contributed by atoms with Crippen molar-refractivity contribution in [3.63, 3.8) is 0 Å². The normalized spacial score (nSPS) is 29.4. The molecule has 6 aromatic rings. The molecule has 17 heteroatoms. The number of Topliss-reactive ketones (excluding diaryl/α,β-unsaturated/α-hetero) is 1. The molecule has 8 aliphatic carbocycles. The lowest BCUT2D eigenvalue weighted by molar-refractivity contribution is -0.140. The van der Waals surface area contributed by atoms with Crippen molar-refractivity contribution in [2.24, 2.45) is 76.9 Å². The molecule has 6 fully saturated rings. The van der Waals surface area contributed by atoms with Crippen molar-refractivity contribution in [3.8, 4) is 23.0 Å². The maximum atomic E-state index is 12.9. The maximum Gasteiger partial charge on any atom is 0.261 e. The first-order valence-corrected chi connectivity index (χ1v) is 49.9. The first-order chi connectivity index (χ1) is 56.2. The third-order valence-corrected chi connectivity index (χ3v) is 39.7. The summed E-state index contributed by atoms with van der Waals surface area (Å²) >= 11 is 0. The summed E-state index contributed by atoms with van der Waals surface area (Å²) in [5, 5.41) is 42.6. The Labute approximate surface area is 709 Å². The second kappa shape index (κ2) is 38.1. The molecule has 19 atom stereocenters. The van der Waals surface area contributed by atoms with Crippen LogP contribution in [0.15, 0.2) is 133 Å². The minimum absolute atomic E-state index is 0.0490. The van der Waals surface area contributed by atoms with Crippen molar-refractivity contribution in [3.05, 3.63) is 178 Å². The lowest BCUT2D eigenvalue weighted by Crippen LogP contribution is -2.68. The van der Waals surface area contributed by atoms with Crippen LogP contribution >= 0.6 is 0 Å². The van der Waals surface area contributed by atoms with Gasteiger partial charge in [0.15, 0.2) is 19.9 Å². The summed E-state index contributed by atoms with van der Waals surface area (Å²) in [6.07, 6.45) is 18.7. The summed E-state index contributed by atoms with van der Waals surface area (Å²) in [6, 6.07) is 47.8. The van der Waals surface area contributed by atoms with Gasteiger partial charge in [-0.15, -0.1) is 0 Å². The van der Waals surface area contributed by atoms with Gasteiger partial charge in [-0.1, -0.05) is 158 Å². The van der Waals surface area contributed by atoms with E-state index < -0.39 is 34.3 Å². The average molecular weight is 1650 g/mol. The zero-order valence-corrected chi connectivity index (χ0v) is 76.4. The second-order valence-corrected chi connectivity index (χ2v) is 49.4. The summed E-state index contributed by atoms with van der Waals surface area (Å²) in [5.41, 5.74) is 11.0. The summed E-state index contributed by atoms with van der Waals surface area (Å²) in [5.74, 6) is 9.63. The molecule has 118 heavy (non-hydrogen) atoms. The number of aliphatic hydroxyl groups excluding tert-OH is 4. The topological polar surface area (TPSA) is 190 Å². The van der Waals surface area contributed by atoms with Crippen molar-refractivity contribution in [2.75, 3.05) is 54.9 Å². The molecule has 0 aromatic heterocycles. The van der Waals surface area contributed by atoms with Crippen molar-refractivity contribution < 1.29 is 72.0 Å². The fraction of sp³-hybridized carbons (Fsp3) is 0.634. The predicted octanol–water partition coefficient (Wildman–Crippen LogP) is 17.9. The number of fused-ring (bicyclic) bond motifs is 8. The zero-order chi connectivity index (χ0) is 84.2. The second-order valence-electron chi connectivity index (χ2n) is 40.4. The van der Waals surface area contributed by atoms with Crippen LogP contribution in [0.25, 0.3) is 0 Å². The number of hydrogen-bond acceptors (Lipinski definition) is 15. The van der Waals surface area contributed by atoms with E-state index in [4.69, 9.17) is 51.9 Å². The van der Waals surface area contributed by atoms with Gasteiger partial charge in [0.25, 0.3) is 8.32 Å². The predicted molar refractivity (Wildman–Crippen MR) is 474 cm³/mol. The molecule has 0 amide bonds. The van der Waals surface area contributed by atoms with Gasteiger partial charge < -0.3 is 67.2 Å². The molecule has 10 aliphatic rings. The fourth-order valence-corrected chi connectivity index (χ4v) is 28.8. The highest BCUT2D eigenvalue weighted by Gasteiger charge is 2.57. The van der Waals surface area contributed by atoms with Gasteiger partial charge in [-0.2, -0.15) is 0 Å². The fourth-order valence-electron chi connectivity index (χ4n) is 22.9. The summed E-state index contributed by atoms with van der Waals surface area (Å²) in [4.78, 5) is 12.9. The number of ether oxygens (including phenoxy) is 8. The van der Waals surface area contributed by atoms with Crippen LogP contribution in [0.4, 0.5) is 0 Å². The molecule has 2 heterocycles. The highest BCUT2D eigenvalue weighted by atomic mass is 28.4. The Morgan fingerprint density at radius 1 is 0.466 bits per heavy atom. The summed E-state index contributed by atoms with van der Waals surface area (Å²) in [7, 11) is 2.63. The van der Waals surface area contributed by atoms with Gasteiger partial charge in [0.05, 0.1) is 78.8 Å². The van der Waals surface area contributed by atoms with Crippen molar-refractivity contribution in [2.45, 2.75) is 276 Å². The first kappa shape index (κ1) is 90.0. The van der Waals surface area contributed by atoms with Crippen LogP contribution in [0.1, 0.15) is 198 Å². The Balaban J connectivity index is 0.000000141. The van der Waals surface area contributed by atoms with Crippen molar-refractivity contribution in [1.82, 2.24) is 0 Å². The SMILES string of the molecule is COc1cccc2c1C[C@H]1CC(=O)C(CC[C@@H](C)CO[Si](C)(C)C(C)(C)C)[C@H]1C2.COc1cccc2c1C[C@H]1C[C@@H](O)[C@H](CC[C@@H](O)CO)[C@H]1C2.COc1cccc2c1C[C@H]1C[C@@H](O)[C@H](CC[C@@H]3COC(C)(C)O3)[C@H]1C2.COc1cccc2c1C[C@H]1C[C@@H](O[Si](c3ccccc3)(c3ccccc3)C(C)(C)C)[C@H](CC[C@@H]3COC(C)(C)O3)[C@H]1C2. The highest BCUT2D eigenvalue weighted by molar-refractivity contribution is 6.99. The number of methoxy groups -OCH3 is 4. The van der Waals surface area contributed by atoms with Crippen LogP contribution in [0.2, 0.25) is 23.2 Å². The number of ketones is 1. The smallest absolute Gasteiger partial charge is 0.261 e. The van der Waals surface area contributed by atoms with Gasteiger partial charge in [0.2, 0.25) is 0 Å². The largest absolute Gasteiger partial charge is 0.496 e. The Morgan fingerprint density at radius 3 is 1.26 bits per heavy atom. The van der Waals surface area contributed by atoms with E-state index in [1.165, 1.54) is 54.9 Å². The van der Waals surface area contributed by atoms with E-state index in [0.717, 1.165) is 152 Å². The van der Waals surface area contributed by atoms with Crippen LogP contribution in [0.3, 0.4) is 0 Å². The molecule has 6 aromatic carbocycles. The molecule has 0 spiro atoms. The van der Waals surface area contributed by atoms with E-state index in [9.17, 15) is 20.1 Å². The zero-order valence-electron chi connectivity index (χ0n) is 74.4. The molecule has 646 valence electrons. The van der Waals surface area contributed by atoms with Gasteiger partial charge in [-0.25, -0.2) is 0 Å². The van der Waals surface area contributed by atoms with Crippen LogP contribution in [0, 0.1) is 76.9 Å². The van der Waals surface area contributed by atoms with E-state index in [1.807, 2.05) is 39.8 Å². The molecule has 2 aliphatic heterocycles. The quantitative estimate of drug-likeness (QED) is 0.0418. The maximum absolute atomic E-state index is 12.9. The van der Waals surface area contributed by atoms with Crippen LogP contribution in [-0.2, 0) is 84.0 Å². The standard InChI is InChI=1S/C37H48O4Si.C25H40O3Si.C21H30O4.C18H26O4/c1-36(2,3)42(29-15-9-7-10-16-29,30-17-11-8-12-18-30)41-35-24-27-23-33-26(14-13-19-34(33)38-6)22-32(27)31(35)21-20-28-25-39-37(4,5)40-28;1-17(16-28-29(6,7)25(2,3)4)11-12-20-21-13-18-9-8-10-24(27-5)22(18)14-19(21)15-23(20)26;1-21(2)24-12-15(25-21)7-8-16-17-9-13-5-4-6-20(23-3)18(13)10-14(17)11-19(16)22;1-22-18-4-2-3-11-7-15-12(8-16(11)18)9-17(21)14(15)6-5-13(20)10-19/h7-19,27-28,31-32,35H,20-25H2,1-6H3;8-10,17,19-21H,11-16H2,1-7H3;4-6,14-17,19,22H,7-12H2,1-3H3;2-4,12-15,17,19-21H,5-10H2,1H3/t27-,28+,31+,32-,35+;17-,19+,20?,21+;14-,15+,16+,17-,19+;12-,13+,14+,15-,17+/m0100/s1. The van der Waals surface area contributed by atoms with Gasteiger partial charge in [0, 0.05) is 25.0 Å². The van der Waals surface area contributed by atoms with Gasteiger partial charge in [0.1, 0.15) is 28.8 Å². The number of carbonyl (C=O) groups excluding carboxylic acids is 1. The number of rotatable bonds is 24. The van der Waals surface area contributed by atoms with E-state index in [0.29, 0.717) is 90.5 Å². The Kier molecular flexibility index (Phi) is 29.1. The number of aliphatic hydroxyl groups is 4. The average Bonchev–Trinajstić information content (AvgIpc) is 0.969. The van der Waals surface area contributed by atoms with E-state index in [1.54, 1.807) is 28.4 Å². The Hall–Kier alpha value is -5.78. The lowest BCUT2D eigenvalue weighted by Gasteiger charge is -2.46. The molecule has 16 rings (SSSR count). The van der Waals surface area contributed by atoms with Crippen LogP contribution < -0.4 is 29.3 Å². The highest BCUT2D eigenvalue weighted by Crippen LogP contribution is 2.55. The Bertz CT molecular complexity index is 4230. The van der Waals surface area contributed by atoms with E-state index in [-0.39, 0.29) is 59.0 Å². The van der Waals surface area contributed by atoms with E-state index >= 15 is 0 Å². The van der Waals surface area contributed by atoms with Crippen molar-refractivity contribution >= 4 is 32.8 Å². The van der Waals surface area contributed by atoms with Gasteiger partial charge in [-0.05, 0) is 323 Å². The lowest BCUT2D eigenvalue weighted by atomic mass is 9.73. The summed E-state index contributed by atoms with van der Waals surface area (Å²) < 4.78 is 60.6. The number of carbonyl (C=O) groups is 1. The van der Waals surface area contributed by atoms with Crippen molar-refractivity contribution in [1.29, 1.82) is 0 Å². The van der Waals surface area contributed by atoms with Crippen LogP contribution in [-0.4, -0.2) is 146 Å². The minimum Gasteiger partial charge on any atom is -0.496 e. The minimum atomic E-state index is -2.68. The molecule has 15 nitrogen and oxygen atoms in total. The van der Waals surface area contributed by atoms with Gasteiger partial charge >= 0.3 is 0 Å². The third kappa shape index (κ3) is 20.2. The molecular formula is C101H144O15Si2. The molecular weight excluding hydrogens is 1510 g/mol. The summed E-state index contributed by atoms with van der Waals surface area (Å²) in [6.45, 7) is 30.9. The molecule has 0 radical (unpaired) electrons. The Morgan fingerprint density at radius 2 is 0.864 bits per heavy atom.